The van der Waals surface area contributed by atoms with Crippen molar-refractivity contribution in [2.45, 2.75) is 13.1 Å². The number of ether oxygens (including phenoxy) is 1. The summed E-state index contributed by atoms with van der Waals surface area (Å²) in [6.07, 6.45) is 0. The molecule has 0 aliphatic carbocycles. The highest BCUT2D eigenvalue weighted by molar-refractivity contribution is 6.62. The summed E-state index contributed by atoms with van der Waals surface area (Å²) in [5.74, 6) is -0.376. The van der Waals surface area contributed by atoms with Gasteiger partial charge < -0.3 is 9.64 Å². The molecule has 0 saturated heterocycles. The van der Waals surface area contributed by atoms with Crippen LogP contribution in [0.4, 0.5) is 4.79 Å². The lowest BCUT2D eigenvalue weighted by atomic mass is 10.1. The minimum atomic E-state index is -0.476. The highest BCUT2D eigenvalue weighted by Crippen LogP contribution is 2.25. The summed E-state index contributed by atoms with van der Waals surface area (Å²) in [5, 5.41) is -0.476. The van der Waals surface area contributed by atoms with Gasteiger partial charge in [0, 0.05) is 13.1 Å². The minimum absolute atomic E-state index is 0.376. The zero-order valence-corrected chi connectivity index (χ0v) is 9.45. The average Bonchev–Trinajstić information content (AvgIpc) is 2.70. The molecule has 0 spiro atoms. The smallest absolute Gasteiger partial charge is 0.337 e. The fourth-order valence-corrected chi connectivity index (χ4v) is 1.88. The van der Waals surface area contributed by atoms with E-state index in [1.54, 1.807) is 12.1 Å². The number of esters is 1. The summed E-state index contributed by atoms with van der Waals surface area (Å²) < 4.78 is 4.62. The molecule has 0 saturated carbocycles. The van der Waals surface area contributed by atoms with Crippen molar-refractivity contribution >= 4 is 22.9 Å². The van der Waals surface area contributed by atoms with Gasteiger partial charge in [0.1, 0.15) is 0 Å². The van der Waals surface area contributed by atoms with Gasteiger partial charge in [-0.1, -0.05) is 6.07 Å². The number of carbonyl (C=O) groups is 2. The lowest BCUT2D eigenvalue weighted by Gasteiger charge is -2.08. The van der Waals surface area contributed by atoms with Gasteiger partial charge in [-0.3, -0.25) is 4.79 Å². The number of benzene rings is 1. The van der Waals surface area contributed by atoms with Gasteiger partial charge in [0.25, 0.3) is 0 Å². The molecule has 0 atom stereocenters. The fourth-order valence-electron chi connectivity index (χ4n) is 1.76. The molecule has 0 bridgehead atoms. The molecule has 5 heteroatoms. The van der Waals surface area contributed by atoms with E-state index in [0.29, 0.717) is 18.7 Å². The normalized spacial score (nSPS) is 13.5. The topological polar surface area (TPSA) is 46.6 Å². The summed E-state index contributed by atoms with van der Waals surface area (Å²) in [6.45, 7) is 0.946. The molecule has 0 N–H and O–H groups in total. The largest absolute Gasteiger partial charge is 0.465 e. The molecule has 0 radical (unpaired) electrons. The van der Waals surface area contributed by atoms with Gasteiger partial charge in [0.2, 0.25) is 0 Å². The van der Waals surface area contributed by atoms with E-state index in [0.717, 1.165) is 11.1 Å². The zero-order chi connectivity index (χ0) is 11.7. The Morgan fingerprint density at radius 1 is 1.31 bits per heavy atom. The second-order valence-corrected chi connectivity index (χ2v) is 3.91. The highest BCUT2D eigenvalue weighted by Gasteiger charge is 2.23. The number of halogens is 1. The van der Waals surface area contributed by atoms with Crippen LogP contribution in [0, 0.1) is 0 Å². The van der Waals surface area contributed by atoms with Gasteiger partial charge in [-0.15, -0.1) is 0 Å². The first-order valence-corrected chi connectivity index (χ1v) is 5.14. The van der Waals surface area contributed by atoms with Gasteiger partial charge >= 0.3 is 11.3 Å². The first kappa shape index (κ1) is 11.0. The van der Waals surface area contributed by atoms with Crippen LogP contribution in [0.1, 0.15) is 21.5 Å². The summed E-state index contributed by atoms with van der Waals surface area (Å²) in [5.41, 5.74) is 2.45. The zero-order valence-electron chi connectivity index (χ0n) is 8.70. The molecule has 1 aliphatic heterocycles. The molecule has 2 rings (SSSR count). The standard InChI is InChI=1S/C11H10ClNO3/c1-16-10(14)7-2-3-8-5-13(11(12)15)6-9(8)4-7/h2-4H,5-6H2,1H3. The van der Waals surface area contributed by atoms with E-state index in [9.17, 15) is 9.59 Å². The number of nitrogens with zero attached hydrogens (tertiary/aromatic N) is 1. The van der Waals surface area contributed by atoms with E-state index >= 15 is 0 Å². The highest BCUT2D eigenvalue weighted by atomic mass is 35.5. The lowest BCUT2D eigenvalue weighted by Crippen LogP contribution is -2.18. The van der Waals surface area contributed by atoms with Crippen LogP contribution in [0.2, 0.25) is 0 Å². The maximum absolute atomic E-state index is 11.3. The van der Waals surface area contributed by atoms with Crippen LogP contribution in [-0.2, 0) is 17.8 Å². The monoisotopic (exact) mass is 239 g/mol. The second-order valence-electron chi connectivity index (χ2n) is 3.58. The molecule has 16 heavy (non-hydrogen) atoms. The number of hydrogen-bond acceptors (Lipinski definition) is 3. The first-order valence-electron chi connectivity index (χ1n) is 4.76. The molecule has 1 amide bonds. The Labute approximate surface area is 97.7 Å². The summed E-state index contributed by atoms with van der Waals surface area (Å²) in [6, 6.07) is 5.25. The summed E-state index contributed by atoms with van der Waals surface area (Å²) >= 11 is 5.40. The Balaban J connectivity index is 2.27. The van der Waals surface area contributed by atoms with Crippen LogP contribution < -0.4 is 0 Å². The van der Waals surface area contributed by atoms with Gasteiger partial charge in [-0.05, 0) is 34.9 Å². The number of hydrogen-bond donors (Lipinski definition) is 0. The van der Waals surface area contributed by atoms with E-state index in [4.69, 9.17) is 11.6 Å². The molecule has 0 unspecified atom stereocenters. The molecule has 1 heterocycles. The van der Waals surface area contributed by atoms with Crippen molar-refractivity contribution in [1.29, 1.82) is 0 Å². The van der Waals surface area contributed by atoms with Gasteiger partial charge in [0.15, 0.2) is 0 Å². The number of fused-ring (bicyclic) bond motifs is 1. The molecular weight excluding hydrogens is 230 g/mol. The number of methoxy groups -OCH3 is 1. The van der Waals surface area contributed by atoms with Crippen molar-refractivity contribution in [3.8, 4) is 0 Å². The van der Waals surface area contributed by atoms with E-state index in [2.05, 4.69) is 4.74 Å². The van der Waals surface area contributed by atoms with Gasteiger partial charge in [-0.2, -0.15) is 0 Å². The lowest BCUT2D eigenvalue weighted by molar-refractivity contribution is 0.0600. The van der Waals surface area contributed by atoms with Crippen molar-refractivity contribution in [2.24, 2.45) is 0 Å². The molecule has 0 aromatic heterocycles. The van der Waals surface area contributed by atoms with Crippen LogP contribution in [0.15, 0.2) is 18.2 Å². The second kappa shape index (κ2) is 4.14. The van der Waals surface area contributed by atoms with Crippen molar-refractivity contribution in [1.82, 2.24) is 4.90 Å². The van der Waals surface area contributed by atoms with E-state index in [-0.39, 0.29) is 5.97 Å². The predicted octanol–water partition coefficient (Wildman–Crippen LogP) is 2.15. The van der Waals surface area contributed by atoms with E-state index < -0.39 is 5.37 Å². The Kier molecular flexibility index (Phi) is 2.83. The molecule has 1 aromatic carbocycles. The van der Waals surface area contributed by atoms with Crippen molar-refractivity contribution in [3.63, 3.8) is 0 Å². The fraction of sp³-hybridized carbons (Fsp3) is 0.273. The van der Waals surface area contributed by atoms with Gasteiger partial charge in [-0.25, -0.2) is 4.79 Å². The summed E-state index contributed by atoms with van der Waals surface area (Å²) in [7, 11) is 1.34. The predicted molar refractivity (Wildman–Crippen MR) is 58.3 cm³/mol. The van der Waals surface area contributed by atoms with Crippen molar-refractivity contribution in [3.05, 3.63) is 34.9 Å². The van der Waals surface area contributed by atoms with Gasteiger partial charge in [0.05, 0.1) is 12.7 Å². The molecule has 84 valence electrons. The first-order chi connectivity index (χ1) is 7.61. The Hall–Kier alpha value is -1.55. The average molecular weight is 240 g/mol. The van der Waals surface area contributed by atoms with Crippen molar-refractivity contribution < 1.29 is 14.3 Å². The minimum Gasteiger partial charge on any atom is -0.465 e. The molecule has 0 fully saturated rings. The quantitative estimate of drug-likeness (QED) is 0.429. The van der Waals surface area contributed by atoms with E-state index in [1.165, 1.54) is 12.0 Å². The third-order valence-corrected chi connectivity index (χ3v) is 2.84. The molecular formula is C11H10ClNO3. The number of carbonyl (C=O) groups excluding carboxylic acids is 2. The van der Waals surface area contributed by atoms with Crippen LogP contribution in [0.5, 0.6) is 0 Å². The number of amides is 1. The Morgan fingerprint density at radius 2 is 2.00 bits per heavy atom. The molecule has 1 aliphatic rings. The Morgan fingerprint density at radius 3 is 2.62 bits per heavy atom. The summed E-state index contributed by atoms with van der Waals surface area (Å²) in [4.78, 5) is 23.8. The third-order valence-electron chi connectivity index (χ3n) is 2.60. The van der Waals surface area contributed by atoms with Crippen LogP contribution >= 0.6 is 11.6 Å². The SMILES string of the molecule is COC(=O)c1ccc2c(c1)CN(C(=O)Cl)C2. The molecule has 4 nitrogen and oxygen atoms in total. The van der Waals surface area contributed by atoms with Crippen molar-refractivity contribution in [2.75, 3.05) is 7.11 Å². The maximum atomic E-state index is 11.3. The number of rotatable bonds is 1. The van der Waals surface area contributed by atoms with E-state index in [1.807, 2.05) is 6.07 Å². The van der Waals surface area contributed by atoms with Crippen LogP contribution in [0.3, 0.4) is 0 Å². The van der Waals surface area contributed by atoms with Crippen LogP contribution in [0.25, 0.3) is 0 Å². The Bertz CT molecular complexity index is 459. The maximum Gasteiger partial charge on any atom is 0.337 e. The van der Waals surface area contributed by atoms with Crippen LogP contribution in [-0.4, -0.2) is 23.3 Å². The molecule has 1 aromatic rings. The third kappa shape index (κ3) is 1.88.